The van der Waals surface area contributed by atoms with Gasteiger partial charge in [-0.05, 0) is 39.7 Å². The van der Waals surface area contributed by atoms with E-state index in [1.807, 2.05) is 25.4 Å². The summed E-state index contributed by atoms with van der Waals surface area (Å²) in [6.07, 6.45) is 6.05. The fraction of sp³-hybridized carbons (Fsp3) is 0.500. The Morgan fingerprint density at radius 1 is 1.30 bits per heavy atom. The van der Waals surface area contributed by atoms with E-state index in [0.29, 0.717) is 0 Å². The summed E-state index contributed by atoms with van der Waals surface area (Å²) in [6.45, 7) is 8.11. The van der Waals surface area contributed by atoms with Gasteiger partial charge < -0.3 is 19.9 Å². The van der Waals surface area contributed by atoms with Gasteiger partial charge in [0.15, 0.2) is 5.96 Å². The van der Waals surface area contributed by atoms with Gasteiger partial charge in [0, 0.05) is 38.1 Å². The largest absolute Gasteiger partial charge is 0.496 e. The molecule has 0 aliphatic heterocycles. The number of imidazole rings is 1. The molecule has 7 heteroatoms. The van der Waals surface area contributed by atoms with Gasteiger partial charge in [-0.2, -0.15) is 0 Å². The van der Waals surface area contributed by atoms with Crippen molar-refractivity contribution in [1.29, 1.82) is 0 Å². The molecule has 27 heavy (non-hydrogen) atoms. The van der Waals surface area contributed by atoms with Crippen molar-refractivity contribution in [3.05, 3.63) is 47.5 Å². The Bertz CT molecular complexity index is 729. The third kappa shape index (κ3) is 7.04. The second kappa shape index (κ2) is 11.8. The third-order valence-corrected chi connectivity index (χ3v) is 4.47. The van der Waals surface area contributed by atoms with E-state index < -0.39 is 0 Å². The van der Waals surface area contributed by atoms with Gasteiger partial charge in [-0.25, -0.2) is 4.98 Å². The van der Waals surface area contributed by atoms with Gasteiger partial charge in [-0.15, -0.1) is 24.0 Å². The summed E-state index contributed by atoms with van der Waals surface area (Å²) < 4.78 is 7.67. The van der Waals surface area contributed by atoms with Crippen LogP contribution in [0.3, 0.4) is 0 Å². The van der Waals surface area contributed by atoms with E-state index in [-0.39, 0.29) is 30.0 Å². The van der Waals surface area contributed by atoms with E-state index in [2.05, 4.69) is 51.2 Å². The topological polar surface area (TPSA) is 63.5 Å². The molecule has 2 rings (SSSR count). The molecule has 1 atom stereocenters. The summed E-state index contributed by atoms with van der Waals surface area (Å²) in [6, 6.07) is 6.32. The Balaban J connectivity index is 0.00000364. The number of rotatable bonds is 8. The van der Waals surface area contributed by atoms with Crippen molar-refractivity contribution in [1.82, 2.24) is 20.2 Å². The Morgan fingerprint density at radius 2 is 2.07 bits per heavy atom. The van der Waals surface area contributed by atoms with Crippen molar-refractivity contribution in [3.63, 3.8) is 0 Å². The molecule has 6 nitrogen and oxygen atoms in total. The van der Waals surface area contributed by atoms with Gasteiger partial charge in [0.2, 0.25) is 0 Å². The molecule has 2 N–H and O–H groups in total. The molecule has 2 aromatic rings. The summed E-state index contributed by atoms with van der Waals surface area (Å²) in [5.74, 6) is 2.76. The van der Waals surface area contributed by atoms with Crippen molar-refractivity contribution >= 4 is 29.9 Å². The quantitative estimate of drug-likeness (QED) is 0.258. The lowest BCUT2D eigenvalue weighted by atomic mass is 10.0. The van der Waals surface area contributed by atoms with Crippen molar-refractivity contribution < 1.29 is 4.74 Å². The zero-order valence-electron chi connectivity index (χ0n) is 17.0. The first-order valence-electron chi connectivity index (χ1n) is 9.14. The smallest absolute Gasteiger partial charge is 0.191 e. The minimum Gasteiger partial charge on any atom is -0.496 e. The Morgan fingerprint density at radius 3 is 2.70 bits per heavy atom. The molecule has 1 heterocycles. The number of unbranched alkanes of at least 4 members (excludes halogenated alkanes) is 1. The summed E-state index contributed by atoms with van der Waals surface area (Å²) >= 11 is 0. The molecule has 0 fully saturated rings. The van der Waals surface area contributed by atoms with Gasteiger partial charge in [-0.3, -0.25) is 4.99 Å². The number of hydrogen-bond donors (Lipinski definition) is 2. The van der Waals surface area contributed by atoms with Gasteiger partial charge in [0.05, 0.1) is 13.2 Å². The Labute approximate surface area is 179 Å². The third-order valence-electron chi connectivity index (χ3n) is 4.47. The lowest BCUT2D eigenvalue weighted by molar-refractivity contribution is 0.405. The monoisotopic (exact) mass is 485 g/mol. The first kappa shape index (κ1) is 23.3. The number of methoxy groups -OCH3 is 1. The predicted octanol–water partition coefficient (Wildman–Crippen LogP) is 3.83. The van der Waals surface area contributed by atoms with Gasteiger partial charge in [-0.1, -0.05) is 17.7 Å². The average Bonchev–Trinajstić information content (AvgIpc) is 3.05. The van der Waals surface area contributed by atoms with E-state index in [0.717, 1.165) is 49.0 Å². The zero-order valence-corrected chi connectivity index (χ0v) is 19.3. The van der Waals surface area contributed by atoms with E-state index in [1.165, 1.54) is 5.56 Å². The Kier molecular flexibility index (Phi) is 10.2. The summed E-state index contributed by atoms with van der Waals surface area (Å²) in [7, 11) is 3.50. The average molecular weight is 485 g/mol. The normalized spacial score (nSPS) is 12.3. The molecule has 1 aromatic carbocycles. The molecule has 1 aromatic heterocycles. The highest BCUT2D eigenvalue weighted by Gasteiger charge is 2.13. The Hall–Kier alpha value is -1.77. The molecule has 0 saturated carbocycles. The highest BCUT2D eigenvalue weighted by atomic mass is 127. The summed E-state index contributed by atoms with van der Waals surface area (Å²) in [5, 5.41) is 6.83. The standard InChI is InChI=1S/C20H31N5O.HI/c1-15-8-9-19(26-5)18(14-15)16(2)24-20(21-4)23-10-6-7-12-25-13-11-22-17(25)3;/h8-9,11,13-14,16H,6-7,10,12H2,1-5H3,(H2,21,23,24);1H. The van der Waals surface area contributed by atoms with Crippen LogP contribution in [0.4, 0.5) is 0 Å². The molecule has 0 bridgehead atoms. The summed E-state index contributed by atoms with van der Waals surface area (Å²) in [5.41, 5.74) is 2.35. The molecule has 0 aliphatic carbocycles. The SMILES string of the molecule is CN=C(NCCCCn1ccnc1C)NC(C)c1cc(C)ccc1OC.I. The van der Waals surface area contributed by atoms with Crippen LogP contribution in [0.1, 0.15) is 42.8 Å². The fourth-order valence-electron chi connectivity index (χ4n) is 2.92. The lowest BCUT2D eigenvalue weighted by Crippen LogP contribution is -2.39. The molecule has 1 unspecified atom stereocenters. The number of benzene rings is 1. The van der Waals surface area contributed by atoms with E-state index in [9.17, 15) is 0 Å². The number of aliphatic imine (C=N–C) groups is 1. The van der Waals surface area contributed by atoms with Crippen LogP contribution in [-0.2, 0) is 6.54 Å². The molecule has 0 radical (unpaired) electrons. The first-order valence-corrected chi connectivity index (χ1v) is 9.14. The highest BCUT2D eigenvalue weighted by Crippen LogP contribution is 2.25. The lowest BCUT2D eigenvalue weighted by Gasteiger charge is -2.20. The van der Waals surface area contributed by atoms with Crippen molar-refractivity contribution in [2.45, 2.75) is 46.2 Å². The molecule has 150 valence electrons. The highest BCUT2D eigenvalue weighted by molar-refractivity contribution is 14.0. The number of aryl methyl sites for hydroxylation is 3. The van der Waals surface area contributed by atoms with Gasteiger partial charge >= 0.3 is 0 Å². The molecule has 0 amide bonds. The van der Waals surface area contributed by atoms with Crippen LogP contribution < -0.4 is 15.4 Å². The number of nitrogens with zero attached hydrogens (tertiary/aromatic N) is 3. The number of nitrogens with one attached hydrogen (secondary N) is 2. The van der Waals surface area contributed by atoms with Crippen molar-refractivity contribution in [2.24, 2.45) is 4.99 Å². The van der Waals surface area contributed by atoms with Crippen LogP contribution >= 0.6 is 24.0 Å². The summed E-state index contributed by atoms with van der Waals surface area (Å²) in [4.78, 5) is 8.58. The van der Waals surface area contributed by atoms with Crippen LogP contribution in [0.15, 0.2) is 35.6 Å². The van der Waals surface area contributed by atoms with Gasteiger partial charge in [0.1, 0.15) is 11.6 Å². The first-order chi connectivity index (χ1) is 12.5. The minimum atomic E-state index is 0. The second-order valence-electron chi connectivity index (χ2n) is 6.49. The van der Waals surface area contributed by atoms with Crippen LogP contribution in [0.2, 0.25) is 0 Å². The van der Waals surface area contributed by atoms with E-state index in [1.54, 1.807) is 14.2 Å². The maximum Gasteiger partial charge on any atom is 0.191 e. The number of hydrogen-bond acceptors (Lipinski definition) is 3. The number of ether oxygens (including phenoxy) is 1. The zero-order chi connectivity index (χ0) is 18.9. The van der Waals surface area contributed by atoms with E-state index in [4.69, 9.17) is 4.74 Å². The van der Waals surface area contributed by atoms with E-state index >= 15 is 0 Å². The number of guanidine groups is 1. The fourth-order valence-corrected chi connectivity index (χ4v) is 2.92. The molecular weight excluding hydrogens is 453 g/mol. The maximum absolute atomic E-state index is 5.49. The van der Waals surface area contributed by atoms with Gasteiger partial charge in [0.25, 0.3) is 0 Å². The van der Waals surface area contributed by atoms with Crippen LogP contribution in [-0.4, -0.2) is 36.2 Å². The molecule has 0 aliphatic rings. The van der Waals surface area contributed by atoms with Crippen molar-refractivity contribution in [2.75, 3.05) is 20.7 Å². The maximum atomic E-state index is 5.49. The molecule has 0 saturated heterocycles. The number of halogens is 1. The number of aromatic nitrogens is 2. The second-order valence-corrected chi connectivity index (χ2v) is 6.49. The minimum absolute atomic E-state index is 0. The predicted molar refractivity (Wildman–Crippen MR) is 122 cm³/mol. The molecular formula is C20H32IN5O. The van der Waals surface area contributed by atoms with Crippen LogP contribution in [0.5, 0.6) is 5.75 Å². The van der Waals surface area contributed by atoms with Crippen LogP contribution in [0, 0.1) is 13.8 Å². The van der Waals surface area contributed by atoms with Crippen molar-refractivity contribution in [3.8, 4) is 5.75 Å². The van der Waals surface area contributed by atoms with Crippen LogP contribution in [0.25, 0.3) is 0 Å². The molecule has 0 spiro atoms.